The fourth-order valence-electron chi connectivity index (χ4n) is 0.253. The lowest BCUT2D eigenvalue weighted by atomic mass is 11.5. The van der Waals surface area contributed by atoms with E-state index in [1.807, 2.05) is 0 Å². The summed E-state index contributed by atoms with van der Waals surface area (Å²) in [5.41, 5.74) is 3.17. The molecule has 0 aromatic carbocycles. The van der Waals surface area contributed by atoms with Gasteiger partial charge in [0, 0.05) is 7.11 Å². The molecule has 10 heavy (non-hydrogen) atoms. The van der Waals surface area contributed by atoms with Gasteiger partial charge in [0.2, 0.25) is 8.03 Å². The molecule has 0 aliphatic carbocycles. The SMILES string of the molecule is COP(=O)(O)C(N)[PH](=O)O. The third-order valence-electron chi connectivity index (χ3n) is 0.866. The van der Waals surface area contributed by atoms with Gasteiger partial charge in [0.15, 0.2) is 5.52 Å². The molecule has 3 unspecified atom stereocenters. The first-order valence-electron chi connectivity index (χ1n) is 2.28. The van der Waals surface area contributed by atoms with E-state index in [1.165, 1.54) is 0 Å². The van der Waals surface area contributed by atoms with Gasteiger partial charge in [-0.25, -0.2) is 0 Å². The Labute approximate surface area is 58.4 Å². The fourth-order valence-corrected chi connectivity index (χ4v) is 1.91. The van der Waals surface area contributed by atoms with E-state index in [9.17, 15) is 9.13 Å². The van der Waals surface area contributed by atoms with E-state index in [0.29, 0.717) is 0 Å². The predicted molar refractivity (Wildman–Crippen MR) is 36.0 cm³/mol. The van der Waals surface area contributed by atoms with Crippen LogP contribution >= 0.6 is 15.6 Å². The van der Waals surface area contributed by atoms with E-state index in [-0.39, 0.29) is 0 Å². The minimum atomic E-state index is -4.06. The summed E-state index contributed by atoms with van der Waals surface area (Å²) >= 11 is 0. The average molecular weight is 189 g/mol. The third kappa shape index (κ3) is 2.50. The van der Waals surface area contributed by atoms with Crippen LogP contribution in [0.2, 0.25) is 0 Å². The van der Waals surface area contributed by atoms with E-state index >= 15 is 0 Å². The summed E-state index contributed by atoms with van der Waals surface area (Å²) in [6, 6.07) is 0. The topological polar surface area (TPSA) is 110 Å². The van der Waals surface area contributed by atoms with Crippen molar-refractivity contribution in [3.63, 3.8) is 0 Å². The summed E-state index contributed by atoms with van der Waals surface area (Å²) in [4.78, 5) is 16.9. The van der Waals surface area contributed by atoms with Crippen molar-refractivity contribution in [2.75, 3.05) is 7.11 Å². The lowest BCUT2D eigenvalue weighted by molar-refractivity contribution is 0.311. The van der Waals surface area contributed by atoms with Crippen molar-refractivity contribution in [3.8, 4) is 0 Å². The largest absolute Gasteiger partial charge is 0.354 e. The van der Waals surface area contributed by atoms with Crippen LogP contribution in [-0.2, 0) is 13.7 Å². The van der Waals surface area contributed by atoms with Crippen LogP contribution < -0.4 is 5.73 Å². The summed E-state index contributed by atoms with van der Waals surface area (Å²) in [6.07, 6.45) is 0. The standard InChI is InChI=1S/C2H9NO5P2/c1-8-10(6,7)2(3)9(4)5/h2,9H,3H2,1H3,(H,4,5)(H,6,7). The molecule has 62 valence electrons. The zero-order valence-electron chi connectivity index (χ0n) is 5.22. The molecule has 0 aliphatic rings. The quantitative estimate of drug-likeness (QED) is 0.517. The number of nitrogens with two attached hydrogens (primary N) is 1. The van der Waals surface area contributed by atoms with Crippen molar-refractivity contribution in [1.29, 1.82) is 0 Å². The van der Waals surface area contributed by atoms with Crippen molar-refractivity contribution < 1.29 is 23.4 Å². The van der Waals surface area contributed by atoms with Crippen LogP contribution in [0, 0.1) is 0 Å². The van der Waals surface area contributed by atoms with Crippen LogP contribution in [0.25, 0.3) is 0 Å². The monoisotopic (exact) mass is 189 g/mol. The maximum absolute atomic E-state index is 10.6. The highest BCUT2D eigenvalue weighted by atomic mass is 31.2. The Morgan fingerprint density at radius 3 is 2.30 bits per heavy atom. The Morgan fingerprint density at radius 2 is 2.20 bits per heavy atom. The minimum absolute atomic E-state index is 0.950. The van der Waals surface area contributed by atoms with E-state index < -0.39 is 21.1 Å². The van der Waals surface area contributed by atoms with Crippen LogP contribution in [0.15, 0.2) is 0 Å². The molecule has 0 aromatic rings. The second-order valence-corrected chi connectivity index (χ2v) is 5.36. The number of rotatable bonds is 3. The van der Waals surface area contributed by atoms with Crippen molar-refractivity contribution in [3.05, 3.63) is 0 Å². The van der Waals surface area contributed by atoms with Gasteiger partial charge in [-0.3, -0.25) is 9.13 Å². The van der Waals surface area contributed by atoms with Crippen molar-refractivity contribution in [2.24, 2.45) is 5.73 Å². The van der Waals surface area contributed by atoms with Gasteiger partial charge in [-0.2, -0.15) is 0 Å². The highest BCUT2D eigenvalue weighted by Gasteiger charge is 2.31. The van der Waals surface area contributed by atoms with Gasteiger partial charge in [-0.05, 0) is 0 Å². The summed E-state index contributed by atoms with van der Waals surface area (Å²) in [6.45, 7) is 0. The minimum Gasteiger partial charge on any atom is -0.345 e. The molecule has 6 nitrogen and oxygen atoms in total. The summed E-state index contributed by atoms with van der Waals surface area (Å²) in [5.74, 6) is 0. The molecule has 0 aliphatic heterocycles. The molecular formula is C2H9NO5P2. The molecule has 0 bridgehead atoms. The van der Waals surface area contributed by atoms with Crippen LogP contribution in [0.3, 0.4) is 0 Å². The predicted octanol–water partition coefficient (Wildman–Crippen LogP) is -0.472. The van der Waals surface area contributed by atoms with Crippen LogP contribution in [0.1, 0.15) is 0 Å². The van der Waals surface area contributed by atoms with E-state index in [1.54, 1.807) is 0 Å². The zero-order valence-corrected chi connectivity index (χ0v) is 7.12. The van der Waals surface area contributed by atoms with Crippen LogP contribution in [-0.4, -0.2) is 22.4 Å². The Balaban J connectivity index is 4.33. The molecule has 0 spiro atoms. The Bertz CT molecular complexity index is 180. The normalized spacial score (nSPS) is 23.2. The summed E-state index contributed by atoms with van der Waals surface area (Å²) < 4.78 is 24.8. The summed E-state index contributed by atoms with van der Waals surface area (Å²) in [5, 5.41) is 0. The molecule has 0 amide bonds. The second-order valence-electron chi connectivity index (χ2n) is 1.53. The molecule has 0 fully saturated rings. The fraction of sp³-hybridized carbons (Fsp3) is 1.00. The highest BCUT2D eigenvalue weighted by molar-refractivity contribution is 7.66. The first-order chi connectivity index (χ1) is 4.41. The lowest BCUT2D eigenvalue weighted by Crippen LogP contribution is -2.16. The maximum Gasteiger partial charge on any atom is 0.354 e. The highest BCUT2D eigenvalue weighted by Crippen LogP contribution is 2.52. The molecule has 0 rings (SSSR count). The van der Waals surface area contributed by atoms with Crippen LogP contribution in [0.5, 0.6) is 0 Å². The molecular weight excluding hydrogens is 180 g/mol. The van der Waals surface area contributed by atoms with Crippen molar-refractivity contribution >= 4 is 15.6 Å². The molecule has 0 saturated heterocycles. The number of hydrogen-bond donors (Lipinski definition) is 3. The van der Waals surface area contributed by atoms with Gasteiger partial charge in [-0.15, -0.1) is 0 Å². The van der Waals surface area contributed by atoms with Crippen LogP contribution in [0.4, 0.5) is 0 Å². The molecule has 4 N–H and O–H groups in total. The van der Waals surface area contributed by atoms with Crippen molar-refractivity contribution in [1.82, 2.24) is 0 Å². The molecule has 0 radical (unpaired) electrons. The van der Waals surface area contributed by atoms with Crippen molar-refractivity contribution in [2.45, 2.75) is 5.52 Å². The molecule has 0 aromatic heterocycles. The van der Waals surface area contributed by atoms with Gasteiger partial charge in [0.25, 0.3) is 0 Å². The van der Waals surface area contributed by atoms with E-state index in [2.05, 4.69) is 4.52 Å². The Kier molecular flexibility index (Phi) is 3.73. The lowest BCUT2D eigenvalue weighted by Gasteiger charge is -2.12. The maximum atomic E-state index is 10.6. The molecule has 8 heteroatoms. The molecule has 0 saturated carbocycles. The van der Waals surface area contributed by atoms with E-state index in [4.69, 9.17) is 15.5 Å². The number of hydrogen-bond acceptors (Lipinski definition) is 4. The van der Waals surface area contributed by atoms with Gasteiger partial charge < -0.3 is 20.0 Å². The first-order valence-corrected chi connectivity index (χ1v) is 5.36. The average Bonchev–Trinajstić information content (AvgIpc) is 1.86. The van der Waals surface area contributed by atoms with Gasteiger partial charge in [-0.1, -0.05) is 0 Å². The first kappa shape index (κ1) is 10.3. The van der Waals surface area contributed by atoms with Gasteiger partial charge in [0.05, 0.1) is 0 Å². The molecule has 0 heterocycles. The van der Waals surface area contributed by atoms with E-state index in [0.717, 1.165) is 7.11 Å². The van der Waals surface area contributed by atoms with Gasteiger partial charge in [0.1, 0.15) is 0 Å². The second kappa shape index (κ2) is 3.62. The zero-order chi connectivity index (χ0) is 8.36. The smallest absolute Gasteiger partial charge is 0.345 e. The van der Waals surface area contributed by atoms with Gasteiger partial charge >= 0.3 is 7.60 Å². The third-order valence-corrected chi connectivity index (χ3v) is 4.24. The Morgan fingerprint density at radius 1 is 1.80 bits per heavy atom. The molecule has 3 atom stereocenters. The summed E-state index contributed by atoms with van der Waals surface area (Å²) in [7, 11) is -6.30. The Hall–Kier alpha value is 0.300.